The predicted octanol–water partition coefficient (Wildman–Crippen LogP) is 3.78. The Kier molecular flexibility index (Phi) is 10.8. The van der Waals surface area contributed by atoms with Crippen molar-refractivity contribution in [3.05, 3.63) is 0 Å². The van der Waals surface area contributed by atoms with E-state index in [1.807, 2.05) is 13.8 Å². The van der Waals surface area contributed by atoms with E-state index < -0.39 is 41.5 Å². The molecule has 30 heavy (non-hydrogen) atoms. The van der Waals surface area contributed by atoms with Crippen LogP contribution in [-0.2, 0) is 19.0 Å². The summed E-state index contributed by atoms with van der Waals surface area (Å²) in [4.78, 5) is 39.0. The maximum absolute atomic E-state index is 12.8. The number of esters is 1. The van der Waals surface area contributed by atoms with Gasteiger partial charge in [-0.2, -0.15) is 10.2 Å². The summed E-state index contributed by atoms with van der Waals surface area (Å²) in [5.41, 5.74) is -1.83. The molecule has 2 amide bonds. The van der Waals surface area contributed by atoms with Crippen molar-refractivity contribution >= 4 is 18.2 Å². The van der Waals surface area contributed by atoms with Crippen LogP contribution in [0, 0.1) is 17.2 Å². The van der Waals surface area contributed by atoms with Crippen molar-refractivity contribution in [2.24, 2.45) is 5.92 Å². The van der Waals surface area contributed by atoms with Gasteiger partial charge in [-0.3, -0.25) is 0 Å². The molecule has 2 atom stereocenters. The van der Waals surface area contributed by atoms with Gasteiger partial charge < -0.3 is 19.3 Å². The number of hydrogen-bond acceptors (Lipinski definition) is 8. The van der Waals surface area contributed by atoms with Crippen LogP contribution in [0.4, 0.5) is 9.59 Å². The molecule has 0 bridgehead atoms. The van der Waals surface area contributed by atoms with E-state index in [1.54, 1.807) is 47.6 Å². The van der Waals surface area contributed by atoms with E-state index in [-0.39, 0.29) is 31.8 Å². The van der Waals surface area contributed by atoms with Crippen LogP contribution < -0.4 is 0 Å². The summed E-state index contributed by atoms with van der Waals surface area (Å²) >= 11 is 0. The molecule has 0 saturated heterocycles. The number of hydrogen-bond donors (Lipinski definition) is 1. The van der Waals surface area contributed by atoms with Gasteiger partial charge >= 0.3 is 18.2 Å². The molecule has 0 heterocycles. The minimum Gasteiger partial charge on any atom is -0.464 e. The molecule has 0 saturated carbocycles. The van der Waals surface area contributed by atoms with Gasteiger partial charge in [0.2, 0.25) is 0 Å². The number of rotatable bonds is 8. The summed E-state index contributed by atoms with van der Waals surface area (Å²) in [6.45, 7) is 13.6. The molecule has 9 heteroatoms. The Bertz CT molecular complexity index is 599. The van der Waals surface area contributed by atoms with Crippen LogP contribution in [0.3, 0.4) is 0 Å². The fraction of sp³-hybridized carbons (Fsp3) is 0.810. The molecule has 9 nitrogen and oxygen atoms in total. The number of nitrogens with zero attached hydrogens (tertiary/aromatic N) is 2. The van der Waals surface area contributed by atoms with Crippen LogP contribution in [0.15, 0.2) is 0 Å². The standard InChI is InChI=1S/C21H36N2O7/c1-14(2)13-28-17(25)16(11-9-10-15(24)12-22)23(18(26)29-20(3,4)5)19(27)30-21(6,7)8/h14-16,24H,9-11,13H2,1-8H3/t15?,16-/m0/s1. The quantitative estimate of drug-likeness (QED) is 0.351. The van der Waals surface area contributed by atoms with Crippen LogP contribution in [0.5, 0.6) is 0 Å². The van der Waals surface area contributed by atoms with Crippen LogP contribution >= 0.6 is 0 Å². The Morgan fingerprint density at radius 1 is 0.967 bits per heavy atom. The highest BCUT2D eigenvalue weighted by molar-refractivity contribution is 5.94. The van der Waals surface area contributed by atoms with Crippen molar-refractivity contribution in [2.75, 3.05) is 6.61 Å². The summed E-state index contributed by atoms with van der Waals surface area (Å²) in [5.74, 6) is -0.738. The van der Waals surface area contributed by atoms with Gasteiger partial charge in [-0.15, -0.1) is 0 Å². The Morgan fingerprint density at radius 2 is 1.43 bits per heavy atom. The number of amides is 2. The van der Waals surface area contributed by atoms with Gasteiger partial charge in [0.15, 0.2) is 0 Å². The molecule has 0 fully saturated rings. The largest absolute Gasteiger partial charge is 0.464 e. The van der Waals surface area contributed by atoms with Gasteiger partial charge in [0, 0.05) is 0 Å². The molecule has 0 spiro atoms. The van der Waals surface area contributed by atoms with E-state index in [4.69, 9.17) is 19.5 Å². The SMILES string of the molecule is CC(C)COC(=O)[C@H](CCCC(O)C#N)N(C(=O)OC(C)(C)C)C(=O)OC(C)(C)C. The highest BCUT2D eigenvalue weighted by atomic mass is 16.6. The van der Waals surface area contributed by atoms with Gasteiger partial charge in [-0.25, -0.2) is 14.4 Å². The van der Waals surface area contributed by atoms with Crippen molar-refractivity contribution in [2.45, 2.75) is 98.0 Å². The van der Waals surface area contributed by atoms with Crippen LogP contribution in [0.2, 0.25) is 0 Å². The van der Waals surface area contributed by atoms with E-state index in [0.717, 1.165) is 0 Å². The maximum atomic E-state index is 12.8. The molecule has 0 aromatic carbocycles. The average molecular weight is 429 g/mol. The second-order valence-electron chi connectivity index (χ2n) is 9.45. The fourth-order valence-electron chi connectivity index (χ4n) is 2.22. The maximum Gasteiger partial charge on any atom is 0.420 e. The van der Waals surface area contributed by atoms with E-state index in [2.05, 4.69) is 0 Å². The van der Waals surface area contributed by atoms with Crippen molar-refractivity contribution in [1.82, 2.24) is 4.90 Å². The van der Waals surface area contributed by atoms with E-state index >= 15 is 0 Å². The van der Waals surface area contributed by atoms with Gasteiger partial charge in [0.25, 0.3) is 0 Å². The molecular weight excluding hydrogens is 392 g/mol. The molecule has 0 aromatic heterocycles. The van der Waals surface area contributed by atoms with E-state index in [0.29, 0.717) is 4.90 Å². The van der Waals surface area contributed by atoms with Gasteiger partial charge in [0.05, 0.1) is 12.7 Å². The zero-order chi connectivity index (χ0) is 23.7. The Balaban J connectivity index is 5.87. The Labute approximate surface area is 179 Å². The average Bonchev–Trinajstić information content (AvgIpc) is 2.55. The van der Waals surface area contributed by atoms with Crippen molar-refractivity contribution in [3.8, 4) is 6.07 Å². The number of aliphatic hydroxyl groups is 1. The predicted molar refractivity (Wildman–Crippen MR) is 109 cm³/mol. The molecule has 0 radical (unpaired) electrons. The Morgan fingerprint density at radius 3 is 1.80 bits per heavy atom. The molecule has 172 valence electrons. The van der Waals surface area contributed by atoms with Gasteiger partial charge in [-0.1, -0.05) is 13.8 Å². The van der Waals surface area contributed by atoms with E-state index in [1.165, 1.54) is 0 Å². The van der Waals surface area contributed by atoms with Crippen molar-refractivity contribution in [1.29, 1.82) is 5.26 Å². The molecule has 0 rings (SSSR count). The lowest BCUT2D eigenvalue weighted by atomic mass is 10.1. The lowest BCUT2D eigenvalue weighted by molar-refractivity contribution is -0.151. The normalized spacial score (nSPS) is 13.8. The summed E-state index contributed by atoms with van der Waals surface area (Å²) in [6.07, 6.45) is -3.05. The number of aliphatic hydroxyl groups excluding tert-OH is 1. The number of ether oxygens (including phenoxy) is 3. The van der Waals surface area contributed by atoms with Crippen LogP contribution in [0.1, 0.15) is 74.7 Å². The second-order valence-corrected chi connectivity index (χ2v) is 9.45. The fourth-order valence-corrected chi connectivity index (χ4v) is 2.22. The number of nitriles is 1. The van der Waals surface area contributed by atoms with Crippen molar-refractivity contribution < 1.29 is 33.7 Å². The topological polar surface area (TPSA) is 126 Å². The zero-order valence-electron chi connectivity index (χ0n) is 19.4. The molecule has 1 N–H and O–H groups in total. The third-order valence-electron chi connectivity index (χ3n) is 3.43. The summed E-state index contributed by atoms with van der Waals surface area (Å²) in [6, 6.07) is 0.367. The first kappa shape index (κ1) is 27.7. The van der Waals surface area contributed by atoms with E-state index in [9.17, 15) is 19.5 Å². The summed E-state index contributed by atoms with van der Waals surface area (Å²) in [5, 5.41) is 18.2. The smallest absolute Gasteiger partial charge is 0.420 e. The number of carbonyl (C=O) groups is 3. The third-order valence-corrected chi connectivity index (χ3v) is 3.43. The number of imide groups is 1. The second kappa shape index (κ2) is 11.7. The number of carbonyl (C=O) groups excluding carboxylic acids is 3. The van der Waals surface area contributed by atoms with Crippen LogP contribution in [-0.4, -0.2) is 58.1 Å². The molecular formula is C21H36N2O7. The highest BCUT2D eigenvalue weighted by Crippen LogP contribution is 2.21. The lowest BCUT2D eigenvalue weighted by Gasteiger charge is -2.32. The highest BCUT2D eigenvalue weighted by Gasteiger charge is 2.41. The van der Waals surface area contributed by atoms with Crippen molar-refractivity contribution in [3.63, 3.8) is 0 Å². The van der Waals surface area contributed by atoms with Gasteiger partial charge in [0.1, 0.15) is 23.3 Å². The first-order valence-corrected chi connectivity index (χ1v) is 10.1. The monoisotopic (exact) mass is 428 g/mol. The summed E-state index contributed by atoms with van der Waals surface area (Å²) < 4.78 is 15.9. The Hall–Kier alpha value is -2.34. The first-order chi connectivity index (χ1) is 13.6. The van der Waals surface area contributed by atoms with Crippen LogP contribution in [0.25, 0.3) is 0 Å². The van der Waals surface area contributed by atoms with Gasteiger partial charge in [-0.05, 0) is 66.7 Å². The minimum atomic E-state index is -1.32. The molecule has 1 unspecified atom stereocenters. The summed E-state index contributed by atoms with van der Waals surface area (Å²) in [7, 11) is 0. The lowest BCUT2D eigenvalue weighted by Crippen LogP contribution is -2.52. The first-order valence-electron chi connectivity index (χ1n) is 10.1. The minimum absolute atomic E-state index is 0.0197. The third kappa shape index (κ3) is 11.6. The molecule has 0 aliphatic rings. The molecule has 0 aliphatic carbocycles. The molecule has 0 aliphatic heterocycles. The molecule has 0 aromatic rings. The zero-order valence-corrected chi connectivity index (χ0v) is 19.4.